The van der Waals surface area contributed by atoms with E-state index in [1.54, 1.807) is 48.9 Å². The Morgan fingerprint density at radius 2 is 1.65 bits per heavy atom. The summed E-state index contributed by atoms with van der Waals surface area (Å²) < 4.78 is 6.00. The zero-order valence-electron chi connectivity index (χ0n) is 20.1. The van der Waals surface area contributed by atoms with Gasteiger partial charge in [0.25, 0.3) is 11.8 Å². The van der Waals surface area contributed by atoms with E-state index in [0.717, 1.165) is 16.7 Å². The molecule has 0 aliphatic carbocycles. The molecule has 2 heterocycles. The van der Waals surface area contributed by atoms with Crippen molar-refractivity contribution < 1.29 is 14.0 Å². The number of hydrogen-bond donors (Lipinski definition) is 2. The van der Waals surface area contributed by atoms with Crippen molar-refractivity contribution in [2.75, 3.05) is 5.32 Å². The first-order chi connectivity index (χ1) is 18.1. The molecule has 0 saturated heterocycles. The summed E-state index contributed by atoms with van der Waals surface area (Å²) in [5.41, 5.74) is 5.14. The van der Waals surface area contributed by atoms with Gasteiger partial charge in [0.2, 0.25) is 5.89 Å². The first kappa shape index (κ1) is 23.7. The smallest absolute Gasteiger partial charge is 0.255 e. The Bertz CT molecular complexity index is 1540. The van der Waals surface area contributed by atoms with Crippen LogP contribution in [-0.4, -0.2) is 21.8 Å². The monoisotopic (exact) mass is 488 g/mol. The van der Waals surface area contributed by atoms with E-state index in [2.05, 4.69) is 20.6 Å². The molecule has 5 aromatic rings. The lowest BCUT2D eigenvalue weighted by Crippen LogP contribution is -2.23. The van der Waals surface area contributed by atoms with Gasteiger partial charge < -0.3 is 15.1 Å². The number of pyridine rings is 1. The molecule has 0 atom stereocenters. The predicted molar refractivity (Wildman–Crippen MR) is 142 cm³/mol. The number of aryl methyl sites for hydroxylation is 1. The molecule has 2 N–H and O–H groups in total. The summed E-state index contributed by atoms with van der Waals surface area (Å²) in [4.78, 5) is 33.9. The summed E-state index contributed by atoms with van der Waals surface area (Å²) >= 11 is 0. The summed E-state index contributed by atoms with van der Waals surface area (Å²) in [7, 11) is 0. The SMILES string of the molecule is Cc1ccc(-c2cnc(-c3ccccc3C(=O)NCc3cccc(NC(=O)c4ccncc4)c3)o2)cc1. The van der Waals surface area contributed by atoms with Crippen LogP contribution in [0.25, 0.3) is 22.8 Å². The van der Waals surface area contributed by atoms with E-state index in [1.165, 1.54) is 0 Å². The number of hydrogen-bond acceptors (Lipinski definition) is 5. The van der Waals surface area contributed by atoms with Gasteiger partial charge in [-0.05, 0) is 48.9 Å². The Hall–Kier alpha value is -5.04. The molecule has 3 aromatic carbocycles. The molecule has 0 radical (unpaired) electrons. The van der Waals surface area contributed by atoms with Gasteiger partial charge in [-0.15, -0.1) is 0 Å². The Morgan fingerprint density at radius 3 is 2.46 bits per heavy atom. The highest BCUT2D eigenvalue weighted by atomic mass is 16.4. The fraction of sp³-hybridized carbons (Fsp3) is 0.0667. The average molecular weight is 489 g/mol. The molecule has 2 aromatic heterocycles. The van der Waals surface area contributed by atoms with Gasteiger partial charge >= 0.3 is 0 Å². The van der Waals surface area contributed by atoms with Gasteiger partial charge in [0.15, 0.2) is 5.76 Å². The van der Waals surface area contributed by atoms with Crippen molar-refractivity contribution in [1.82, 2.24) is 15.3 Å². The quantitative estimate of drug-likeness (QED) is 0.298. The third-order valence-electron chi connectivity index (χ3n) is 5.82. The summed E-state index contributed by atoms with van der Waals surface area (Å²) in [5, 5.41) is 5.82. The van der Waals surface area contributed by atoms with Crippen molar-refractivity contribution in [3.05, 3.63) is 126 Å². The topological polar surface area (TPSA) is 97.1 Å². The first-order valence-electron chi connectivity index (χ1n) is 11.8. The molecule has 2 amide bonds. The molecule has 5 rings (SSSR count). The maximum absolute atomic E-state index is 13.1. The van der Waals surface area contributed by atoms with Gasteiger partial charge in [0.1, 0.15) is 0 Å². The first-order valence-corrected chi connectivity index (χ1v) is 11.8. The van der Waals surface area contributed by atoms with Crippen LogP contribution in [0.3, 0.4) is 0 Å². The van der Waals surface area contributed by atoms with Crippen LogP contribution in [0.5, 0.6) is 0 Å². The molecule has 0 aliphatic heterocycles. The van der Waals surface area contributed by atoms with Gasteiger partial charge in [-0.1, -0.05) is 54.1 Å². The molecule has 7 heteroatoms. The third-order valence-corrected chi connectivity index (χ3v) is 5.82. The maximum Gasteiger partial charge on any atom is 0.255 e. The van der Waals surface area contributed by atoms with Crippen LogP contribution < -0.4 is 10.6 Å². The van der Waals surface area contributed by atoms with Crippen molar-refractivity contribution in [1.29, 1.82) is 0 Å². The number of nitrogens with zero attached hydrogens (tertiary/aromatic N) is 2. The standard InChI is InChI=1S/C30H24N4O3/c1-20-9-11-22(12-10-20)27-19-33-30(37-27)26-8-3-2-7-25(26)29(36)32-18-21-5-4-6-24(17-21)34-28(35)23-13-15-31-16-14-23/h2-17,19H,18H2,1H3,(H,32,36)(H,34,35). The Morgan fingerprint density at radius 1 is 0.865 bits per heavy atom. The number of aromatic nitrogens is 2. The zero-order valence-corrected chi connectivity index (χ0v) is 20.1. The van der Waals surface area contributed by atoms with E-state index in [4.69, 9.17) is 4.42 Å². The van der Waals surface area contributed by atoms with Crippen molar-refractivity contribution in [2.45, 2.75) is 13.5 Å². The van der Waals surface area contributed by atoms with E-state index >= 15 is 0 Å². The van der Waals surface area contributed by atoms with Crippen LogP contribution in [0.2, 0.25) is 0 Å². The highest BCUT2D eigenvalue weighted by Gasteiger charge is 2.17. The lowest BCUT2D eigenvalue weighted by molar-refractivity contribution is 0.0950. The van der Waals surface area contributed by atoms with E-state index in [9.17, 15) is 9.59 Å². The minimum atomic E-state index is -0.253. The second-order valence-corrected chi connectivity index (χ2v) is 8.51. The minimum absolute atomic E-state index is 0.228. The van der Waals surface area contributed by atoms with Crippen molar-refractivity contribution in [3.8, 4) is 22.8 Å². The summed E-state index contributed by atoms with van der Waals surface area (Å²) in [6.45, 7) is 2.31. The second-order valence-electron chi connectivity index (χ2n) is 8.51. The van der Waals surface area contributed by atoms with Crippen molar-refractivity contribution in [3.63, 3.8) is 0 Å². The van der Waals surface area contributed by atoms with Gasteiger partial charge in [0, 0.05) is 41.3 Å². The van der Waals surface area contributed by atoms with Crippen LogP contribution >= 0.6 is 0 Å². The van der Waals surface area contributed by atoms with Crippen LogP contribution in [0.4, 0.5) is 5.69 Å². The summed E-state index contributed by atoms with van der Waals surface area (Å²) in [6.07, 6.45) is 4.81. The number of carbonyl (C=O) groups excluding carboxylic acids is 2. The minimum Gasteiger partial charge on any atom is -0.436 e. The molecule has 37 heavy (non-hydrogen) atoms. The third kappa shape index (κ3) is 5.62. The Balaban J connectivity index is 1.28. The molecule has 182 valence electrons. The Kier molecular flexibility index (Phi) is 6.85. The fourth-order valence-electron chi connectivity index (χ4n) is 3.86. The lowest BCUT2D eigenvalue weighted by Gasteiger charge is -2.10. The molecular formula is C30H24N4O3. The Labute approximate surface area is 214 Å². The van der Waals surface area contributed by atoms with Crippen LogP contribution in [-0.2, 0) is 6.54 Å². The van der Waals surface area contributed by atoms with E-state index in [0.29, 0.717) is 34.0 Å². The molecular weight excluding hydrogens is 464 g/mol. The number of amides is 2. The molecule has 0 fully saturated rings. The summed E-state index contributed by atoms with van der Waals surface area (Å²) in [6, 6.07) is 25.8. The van der Waals surface area contributed by atoms with E-state index < -0.39 is 0 Å². The van der Waals surface area contributed by atoms with Crippen LogP contribution in [0.1, 0.15) is 31.8 Å². The maximum atomic E-state index is 13.1. The number of rotatable bonds is 7. The molecule has 0 spiro atoms. The van der Waals surface area contributed by atoms with Gasteiger partial charge in [-0.2, -0.15) is 0 Å². The van der Waals surface area contributed by atoms with Crippen molar-refractivity contribution in [2.24, 2.45) is 0 Å². The van der Waals surface area contributed by atoms with Crippen LogP contribution in [0, 0.1) is 6.92 Å². The van der Waals surface area contributed by atoms with Gasteiger partial charge in [0.05, 0.1) is 11.8 Å². The number of benzene rings is 3. The number of anilines is 1. The highest BCUT2D eigenvalue weighted by Crippen LogP contribution is 2.28. The fourth-order valence-corrected chi connectivity index (χ4v) is 3.86. The molecule has 0 unspecified atom stereocenters. The van der Waals surface area contributed by atoms with Gasteiger partial charge in [-0.3, -0.25) is 14.6 Å². The second kappa shape index (κ2) is 10.7. The van der Waals surface area contributed by atoms with Gasteiger partial charge in [-0.25, -0.2) is 4.98 Å². The molecule has 0 aliphatic rings. The van der Waals surface area contributed by atoms with E-state index in [-0.39, 0.29) is 18.4 Å². The lowest BCUT2D eigenvalue weighted by atomic mass is 10.1. The highest BCUT2D eigenvalue weighted by molar-refractivity contribution is 6.04. The number of carbonyl (C=O) groups is 2. The normalized spacial score (nSPS) is 10.6. The van der Waals surface area contributed by atoms with Crippen molar-refractivity contribution >= 4 is 17.5 Å². The largest absolute Gasteiger partial charge is 0.436 e. The summed E-state index contributed by atoms with van der Waals surface area (Å²) in [5.74, 6) is 0.531. The predicted octanol–water partition coefficient (Wildman–Crippen LogP) is 5.89. The number of nitrogens with one attached hydrogen (secondary N) is 2. The zero-order chi connectivity index (χ0) is 25.6. The molecule has 7 nitrogen and oxygen atoms in total. The van der Waals surface area contributed by atoms with Crippen LogP contribution in [0.15, 0.2) is 108 Å². The number of oxazole rings is 1. The molecule has 0 bridgehead atoms. The molecule has 0 saturated carbocycles. The van der Waals surface area contributed by atoms with E-state index in [1.807, 2.05) is 61.5 Å². The average Bonchev–Trinajstić information content (AvgIpc) is 3.43.